The van der Waals surface area contributed by atoms with Gasteiger partial charge in [0.15, 0.2) is 0 Å². The van der Waals surface area contributed by atoms with Gasteiger partial charge in [-0.1, -0.05) is 17.7 Å². The van der Waals surface area contributed by atoms with Gasteiger partial charge in [-0.15, -0.1) is 0 Å². The number of nitrogens with zero attached hydrogens (tertiary/aromatic N) is 1. The number of hydrogen-bond acceptors (Lipinski definition) is 3. The fourth-order valence-electron chi connectivity index (χ4n) is 2.42. The van der Waals surface area contributed by atoms with E-state index in [2.05, 4.69) is 0 Å². The summed E-state index contributed by atoms with van der Waals surface area (Å²) < 4.78 is 40.1. The van der Waals surface area contributed by atoms with Crippen molar-refractivity contribution < 1.29 is 27.6 Å². The van der Waals surface area contributed by atoms with Crippen molar-refractivity contribution in [2.45, 2.75) is 32.6 Å². The van der Waals surface area contributed by atoms with E-state index < -0.39 is 29.7 Å². The minimum Gasteiger partial charge on any atom is -0.318 e. The zero-order valence-electron chi connectivity index (χ0n) is 12.5. The molecular formula is C14H14F3N3O3. The number of rotatable bonds is 2. The van der Waals surface area contributed by atoms with Gasteiger partial charge in [0.05, 0.1) is 5.69 Å². The molecule has 2 N–H and O–H groups in total. The molecule has 124 valence electrons. The number of hydrogen-bond donors (Lipinski definition) is 2. The molecule has 0 aromatic heterocycles. The van der Waals surface area contributed by atoms with Crippen LogP contribution in [0.25, 0.3) is 0 Å². The third kappa shape index (κ3) is 2.62. The third-order valence-corrected chi connectivity index (χ3v) is 3.40. The van der Waals surface area contributed by atoms with Crippen LogP contribution in [0.1, 0.15) is 18.1 Å². The number of halogens is 3. The largest absolute Gasteiger partial charge is 0.440 e. The van der Waals surface area contributed by atoms with Gasteiger partial charge in [-0.25, -0.2) is 9.69 Å². The van der Waals surface area contributed by atoms with Crippen molar-refractivity contribution >= 4 is 23.5 Å². The first-order valence-electron chi connectivity index (χ1n) is 6.59. The van der Waals surface area contributed by atoms with Gasteiger partial charge < -0.3 is 5.32 Å². The van der Waals surface area contributed by atoms with Crippen LogP contribution in [0.3, 0.4) is 0 Å². The average molecular weight is 329 g/mol. The number of carbonyl (C=O) groups is 3. The molecular weight excluding hydrogens is 315 g/mol. The molecule has 6 nitrogen and oxygen atoms in total. The fraction of sp³-hybridized carbons (Fsp3) is 0.357. The normalized spacial score (nSPS) is 21.4. The van der Waals surface area contributed by atoms with Gasteiger partial charge in [-0.05, 0) is 25.5 Å². The Morgan fingerprint density at radius 2 is 1.87 bits per heavy atom. The van der Waals surface area contributed by atoms with Crippen molar-refractivity contribution in [2.75, 3.05) is 4.90 Å². The van der Waals surface area contributed by atoms with E-state index in [0.717, 1.165) is 12.5 Å². The molecule has 23 heavy (non-hydrogen) atoms. The monoisotopic (exact) mass is 329 g/mol. The van der Waals surface area contributed by atoms with Crippen molar-refractivity contribution in [3.05, 3.63) is 29.3 Å². The van der Waals surface area contributed by atoms with Crippen molar-refractivity contribution in [2.24, 2.45) is 0 Å². The number of amides is 4. The zero-order chi connectivity index (χ0) is 17.6. The Hall–Kier alpha value is -2.58. The quantitative estimate of drug-likeness (QED) is 0.812. The topological polar surface area (TPSA) is 78.5 Å². The van der Waals surface area contributed by atoms with Crippen molar-refractivity contribution in [3.8, 4) is 0 Å². The molecule has 1 saturated heterocycles. The zero-order valence-corrected chi connectivity index (χ0v) is 12.5. The number of nitrogens with one attached hydrogen (secondary N) is 2. The molecule has 1 aliphatic heterocycles. The molecule has 1 aromatic rings. The van der Waals surface area contributed by atoms with Crippen LogP contribution in [0, 0.1) is 13.8 Å². The molecule has 9 heteroatoms. The Kier molecular flexibility index (Phi) is 3.83. The van der Waals surface area contributed by atoms with Gasteiger partial charge in [0.25, 0.3) is 11.6 Å². The van der Waals surface area contributed by atoms with E-state index in [9.17, 15) is 27.6 Å². The van der Waals surface area contributed by atoms with Gasteiger partial charge in [0.1, 0.15) is 0 Å². The number of aryl methyl sites for hydroxylation is 2. The Balaban J connectivity index is 2.55. The fourth-order valence-corrected chi connectivity index (χ4v) is 2.42. The molecule has 0 saturated carbocycles. The van der Waals surface area contributed by atoms with Gasteiger partial charge in [0, 0.05) is 6.92 Å². The molecule has 0 radical (unpaired) electrons. The molecule has 1 aliphatic rings. The van der Waals surface area contributed by atoms with E-state index in [-0.39, 0.29) is 5.69 Å². The second-order valence-electron chi connectivity index (χ2n) is 5.29. The summed E-state index contributed by atoms with van der Waals surface area (Å²) in [5.74, 6) is -2.70. The Labute approximate surface area is 129 Å². The smallest absolute Gasteiger partial charge is 0.318 e. The molecule has 0 spiro atoms. The van der Waals surface area contributed by atoms with E-state index in [1.165, 1.54) is 11.4 Å². The minimum atomic E-state index is -5.20. The summed E-state index contributed by atoms with van der Waals surface area (Å²) in [4.78, 5) is 35.9. The second kappa shape index (κ2) is 5.25. The van der Waals surface area contributed by atoms with Crippen LogP contribution in [-0.2, 0) is 9.59 Å². The van der Waals surface area contributed by atoms with E-state index in [1.807, 2.05) is 0 Å². The summed E-state index contributed by atoms with van der Waals surface area (Å²) in [5.41, 5.74) is -2.17. The number of urea groups is 1. The highest BCUT2D eigenvalue weighted by atomic mass is 19.4. The first kappa shape index (κ1) is 16.8. The van der Waals surface area contributed by atoms with Gasteiger partial charge in [-0.3, -0.25) is 14.9 Å². The molecule has 2 rings (SSSR count). The number of imide groups is 1. The van der Waals surface area contributed by atoms with Crippen LogP contribution in [0.2, 0.25) is 0 Å². The summed E-state index contributed by atoms with van der Waals surface area (Å²) in [6.07, 6.45) is -5.20. The van der Waals surface area contributed by atoms with E-state index >= 15 is 0 Å². The van der Waals surface area contributed by atoms with Crippen LogP contribution < -0.4 is 15.5 Å². The predicted molar refractivity (Wildman–Crippen MR) is 74.5 cm³/mol. The lowest BCUT2D eigenvalue weighted by atomic mass is 10.1. The van der Waals surface area contributed by atoms with Crippen molar-refractivity contribution in [3.63, 3.8) is 0 Å². The molecule has 0 bridgehead atoms. The highest BCUT2D eigenvalue weighted by Gasteiger charge is 2.69. The molecule has 1 atom stereocenters. The highest BCUT2D eigenvalue weighted by molar-refractivity contribution is 6.24. The van der Waals surface area contributed by atoms with Crippen LogP contribution in [-0.4, -0.2) is 29.7 Å². The molecule has 1 unspecified atom stereocenters. The van der Waals surface area contributed by atoms with Gasteiger partial charge in [-0.2, -0.15) is 13.2 Å². The molecule has 1 heterocycles. The maximum atomic E-state index is 13.4. The molecule has 1 fully saturated rings. The van der Waals surface area contributed by atoms with Crippen molar-refractivity contribution in [1.82, 2.24) is 10.6 Å². The number of benzene rings is 1. The first-order chi connectivity index (χ1) is 10.5. The minimum absolute atomic E-state index is 0.0228. The highest BCUT2D eigenvalue weighted by Crippen LogP contribution is 2.36. The summed E-state index contributed by atoms with van der Waals surface area (Å²) in [6, 6.07) is 3.31. The lowest BCUT2D eigenvalue weighted by molar-refractivity contribution is -0.201. The van der Waals surface area contributed by atoms with Crippen LogP contribution in [0.5, 0.6) is 0 Å². The van der Waals surface area contributed by atoms with Crippen LogP contribution >= 0.6 is 0 Å². The first-order valence-corrected chi connectivity index (χ1v) is 6.59. The summed E-state index contributed by atoms with van der Waals surface area (Å²) in [5, 5.41) is 3.08. The average Bonchev–Trinajstić information content (AvgIpc) is 2.62. The van der Waals surface area contributed by atoms with E-state index in [4.69, 9.17) is 0 Å². The molecule has 1 aromatic carbocycles. The maximum Gasteiger partial charge on any atom is 0.440 e. The maximum absolute atomic E-state index is 13.4. The number of anilines is 1. The van der Waals surface area contributed by atoms with Gasteiger partial charge >= 0.3 is 12.2 Å². The Morgan fingerprint density at radius 3 is 2.35 bits per heavy atom. The van der Waals surface area contributed by atoms with Crippen LogP contribution in [0.4, 0.5) is 23.7 Å². The number of alkyl halides is 3. The molecule has 0 aliphatic carbocycles. The van der Waals surface area contributed by atoms with Crippen molar-refractivity contribution in [1.29, 1.82) is 0 Å². The standard InChI is InChI=1S/C14H14F3N3O3/c1-7-4-5-10(8(2)6-7)20-11(22)13(14(15,16)17,18-9(3)21)19-12(20)23/h4-6H,1-3H3,(H,18,21)(H,19,23). The Bertz CT molecular complexity index is 702. The van der Waals surface area contributed by atoms with Gasteiger partial charge in [0.2, 0.25) is 5.91 Å². The molecule has 4 amide bonds. The van der Waals surface area contributed by atoms with E-state index in [0.29, 0.717) is 10.5 Å². The summed E-state index contributed by atoms with van der Waals surface area (Å²) in [7, 11) is 0. The third-order valence-electron chi connectivity index (χ3n) is 3.40. The predicted octanol–water partition coefficient (Wildman–Crippen LogP) is 1.75. The number of carbonyl (C=O) groups excluding carboxylic acids is 3. The van der Waals surface area contributed by atoms with E-state index in [1.54, 1.807) is 31.3 Å². The van der Waals surface area contributed by atoms with Crippen LogP contribution in [0.15, 0.2) is 18.2 Å². The second-order valence-corrected chi connectivity index (χ2v) is 5.29. The lowest BCUT2D eigenvalue weighted by Gasteiger charge is -2.29. The summed E-state index contributed by atoms with van der Waals surface area (Å²) in [6.45, 7) is 4.15. The Morgan fingerprint density at radius 1 is 1.26 bits per heavy atom. The lowest BCUT2D eigenvalue weighted by Crippen LogP contribution is -2.69. The summed E-state index contributed by atoms with van der Waals surface area (Å²) >= 11 is 0. The SMILES string of the molecule is CC(=O)NC1(C(F)(F)F)NC(=O)N(c2ccc(C)cc2C)C1=O.